The van der Waals surface area contributed by atoms with Crippen molar-refractivity contribution in [2.45, 2.75) is 18.7 Å². The van der Waals surface area contributed by atoms with E-state index in [4.69, 9.17) is 9.47 Å². The lowest BCUT2D eigenvalue weighted by molar-refractivity contribution is -0.113. The number of rotatable bonds is 8. The first kappa shape index (κ1) is 24.5. The molecule has 0 unspecified atom stereocenters. The van der Waals surface area contributed by atoms with Gasteiger partial charge in [0.25, 0.3) is 15.9 Å². The Bertz CT molecular complexity index is 1260. The molecule has 8 heteroatoms. The highest BCUT2D eigenvalue weighted by molar-refractivity contribution is 9.10. The summed E-state index contributed by atoms with van der Waals surface area (Å²) in [5.41, 5.74) is 1.80. The van der Waals surface area contributed by atoms with Crippen LogP contribution in [0.5, 0.6) is 11.5 Å². The number of carbonyl (C=O) groups is 1. The zero-order chi connectivity index (χ0) is 24.0. The van der Waals surface area contributed by atoms with Gasteiger partial charge in [-0.2, -0.15) is 4.31 Å². The molecule has 33 heavy (non-hydrogen) atoms. The minimum atomic E-state index is -4.13. The number of carbonyl (C=O) groups excluding carboxylic acids is 1. The molecule has 0 heterocycles. The Morgan fingerprint density at radius 1 is 1.06 bits per heavy atom. The molecule has 172 valence electrons. The predicted molar refractivity (Wildman–Crippen MR) is 133 cm³/mol. The minimum Gasteiger partial charge on any atom is -0.493 e. The maximum absolute atomic E-state index is 13.4. The molecule has 0 radical (unpaired) electrons. The summed E-state index contributed by atoms with van der Waals surface area (Å²) in [6.45, 7) is 4.19. The molecule has 0 aliphatic rings. The molecule has 3 rings (SSSR count). The van der Waals surface area contributed by atoms with Crippen LogP contribution < -0.4 is 13.8 Å². The van der Waals surface area contributed by atoms with Crippen LogP contribution in [-0.4, -0.2) is 28.0 Å². The first-order chi connectivity index (χ1) is 15.8. The quantitative estimate of drug-likeness (QED) is 0.355. The van der Waals surface area contributed by atoms with E-state index in [0.29, 0.717) is 28.1 Å². The van der Waals surface area contributed by atoms with Crippen molar-refractivity contribution in [2.75, 3.05) is 18.0 Å². The van der Waals surface area contributed by atoms with Gasteiger partial charge < -0.3 is 9.47 Å². The number of amides is 1. The zero-order valence-corrected chi connectivity index (χ0v) is 20.9. The van der Waals surface area contributed by atoms with Crippen molar-refractivity contribution in [3.63, 3.8) is 0 Å². The van der Waals surface area contributed by atoms with Crippen molar-refractivity contribution >= 4 is 43.6 Å². The Kier molecular flexibility index (Phi) is 7.94. The van der Waals surface area contributed by atoms with E-state index in [2.05, 4.69) is 15.9 Å². The standard InChI is InChI=1S/C25H24BrNO5S/c1-4-32-25-22(26)16-19(17-23(25)31-3)12-15-24(28)27(20-8-6-5-7-9-20)33(29,30)21-13-10-18(2)11-14-21/h5-17H,4H2,1-3H3/b15-12+. The molecule has 0 spiro atoms. The van der Waals surface area contributed by atoms with Crippen LogP contribution in [0.25, 0.3) is 6.08 Å². The van der Waals surface area contributed by atoms with Gasteiger partial charge in [0.05, 0.1) is 28.8 Å². The van der Waals surface area contributed by atoms with Crippen molar-refractivity contribution < 1.29 is 22.7 Å². The van der Waals surface area contributed by atoms with Gasteiger partial charge in [-0.15, -0.1) is 0 Å². The monoisotopic (exact) mass is 529 g/mol. The van der Waals surface area contributed by atoms with Crippen LogP contribution in [0.2, 0.25) is 0 Å². The fourth-order valence-electron chi connectivity index (χ4n) is 3.12. The summed E-state index contributed by atoms with van der Waals surface area (Å²) in [4.78, 5) is 13.2. The van der Waals surface area contributed by atoms with E-state index in [9.17, 15) is 13.2 Å². The Morgan fingerprint density at radius 2 is 1.73 bits per heavy atom. The highest BCUT2D eigenvalue weighted by Crippen LogP contribution is 2.37. The van der Waals surface area contributed by atoms with Gasteiger partial charge in [-0.25, -0.2) is 8.42 Å². The minimum absolute atomic E-state index is 0.0317. The number of anilines is 1. The Labute approximate surface area is 202 Å². The van der Waals surface area contributed by atoms with E-state index in [1.54, 1.807) is 54.6 Å². The van der Waals surface area contributed by atoms with E-state index < -0.39 is 15.9 Å². The average molecular weight is 530 g/mol. The summed E-state index contributed by atoms with van der Waals surface area (Å²) in [6.07, 6.45) is 2.76. The van der Waals surface area contributed by atoms with E-state index in [-0.39, 0.29) is 10.6 Å². The molecule has 3 aromatic rings. The first-order valence-corrected chi connectivity index (χ1v) is 12.4. The second-order valence-corrected chi connectivity index (χ2v) is 9.70. The van der Waals surface area contributed by atoms with Crippen LogP contribution in [0.15, 0.2) is 82.2 Å². The first-order valence-electron chi connectivity index (χ1n) is 10.2. The molecule has 3 aromatic carbocycles. The van der Waals surface area contributed by atoms with Crippen LogP contribution in [0, 0.1) is 6.92 Å². The molecule has 0 aromatic heterocycles. The maximum Gasteiger partial charge on any atom is 0.271 e. The van der Waals surface area contributed by atoms with Gasteiger partial charge in [0.1, 0.15) is 0 Å². The SMILES string of the molecule is CCOc1c(Br)cc(/C=C/C(=O)N(c2ccccc2)S(=O)(=O)c2ccc(C)cc2)cc1OC. The smallest absolute Gasteiger partial charge is 0.271 e. The van der Waals surface area contributed by atoms with Gasteiger partial charge in [0, 0.05) is 6.08 Å². The molecule has 6 nitrogen and oxygen atoms in total. The summed E-state index contributed by atoms with van der Waals surface area (Å²) in [7, 11) is -2.61. The van der Waals surface area contributed by atoms with Crippen LogP contribution in [0.3, 0.4) is 0 Å². The maximum atomic E-state index is 13.4. The molecule has 0 fully saturated rings. The number of methoxy groups -OCH3 is 1. The molecule has 0 aliphatic heterocycles. The second-order valence-electron chi connectivity index (χ2n) is 7.06. The highest BCUT2D eigenvalue weighted by Gasteiger charge is 2.29. The molecule has 0 aliphatic carbocycles. The van der Waals surface area contributed by atoms with Crippen molar-refractivity contribution in [2.24, 2.45) is 0 Å². The summed E-state index contributed by atoms with van der Waals surface area (Å²) in [5, 5.41) is 0. The fraction of sp³-hybridized carbons (Fsp3) is 0.160. The topological polar surface area (TPSA) is 72.9 Å². The number of ether oxygens (including phenoxy) is 2. The number of halogens is 1. The molecule has 0 saturated heterocycles. The van der Waals surface area contributed by atoms with Crippen LogP contribution in [0.1, 0.15) is 18.1 Å². The largest absolute Gasteiger partial charge is 0.493 e. The Hall–Kier alpha value is -3.10. The molecular weight excluding hydrogens is 506 g/mol. The van der Waals surface area contributed by atoms with Gasteiger partial charge >= 0.3 is 0 Å². The second kappa shape index (κ2) is 10.7. The summed E-state index contributed by atoms with van der Waals surface area (Å²) < 4.78 is 39.2. The molecule has 1 amide bonds. The average Bonchev–Trinajstić information content (AvgIpc) is 2.80. The third kappa shape index (κ3) is 5.64. The number of sulfonamides is 1. The van der Waals surface area contributed by atoms with E-state index in [1.165, 1.54) is 31.4 Å². The molecule has 0 atom stereocenters. The predicted octanol–water partition coefficient (Wildman–Crippen LogP) is 5.60. The van der Waals surface area contributed by atoms with Crippen LogP contribution in [0.4, 0.5) is 5.69 Å². The third-order valence-electron chi connectivity index (χ3n) is 4.71. The number of aryl methyl sites for hydroxylation is 1. The highest BCUT2D eigenvalue weighted by atomic mass is 79.9. The molecule has 0 N–H and O–H groups in total. The number of hydrogen-bond acceptors (Lipinski definition) is 5. The summed E-state index contributed by atoms with van der Waals surface area (Å²) >= 11 is 3.45. The lowest BCUT2D eigenvalue weighted by atomic mass is 10.2. The number of para-hydroxylation sites is 1. The van der Waals surface area contributed by atoms with Crippen molar-refractivity contribution in [3.05, 3.63) is 88.4 Å². The fourth-order valence-corrected chi connectivity index (χ4v) is 5.08. The van der Waals surface area contributed by atoms with Crippen molar-refractivity contribution in [1.82, 2.24) is 0 Å². The molecular formula is C25H24BrNO5S. The van der Waals surface area contributed by atoms with Gasteiger partial charge in [0.2, 0.25) is 0 Å². The zero-order valence-electron chi connectivity index (χ0n) is 18.5. The van der Waals surface area contributed by atoms with E-state index >= 15 is 0 Å². The molecule has 0 bridgehead atoms. The van der Waals surface area contributed by atoms with E-state index in [0.717, 1.165) is 9.87 Å². The number of nitrogens with zero attached hydrogens (tertiary/aromatic N) is 1. The number of benzene rings is 3. The van der Waals surface area contributed by atoms with Crippen molar-refractivity contribution in [1.29, 1.82) is 0 Å². The lowest BCUT2D eigenvalue weighted by Crippen LogP contribution is -2.35. The normalized spacial score (nSPS) is 11.4. The summed E-state index contributed by atoms with van der Waals surface area (Å²) in [5.74, 6) is 0.340. The Morgan fingerprint density at radius 3 is 2.33 bits per heavy atom. The van der Waals surface area contributed by atoms with Gasteiger partial charge in [0.15, 0.2) is 11.5 Å². The Balaban J connectivity index is 2.01. The number of hydrogen-bond donors (Lipinski definition) is 0. The van der Waals surface area contributed by atoms with Gasteiger partial charge in [-0.1, -0.05) is 35.9 Å². The van der Waals surface area contributed by atoms with Crippen molar-refractivity contribution in [3.8, 4) is 11.5 Å². The molecule has 0 saturated carbocycles. The van der Waals surface area contributed by atoms with Gasteiger partial charge in [-0.3, -0.25) is 4.79 Å². The van der Waals surface area contributed by atoms with Gasteiger partial charge in [-0.05, 0) is 77.8 Å². The third-order valence-corrected chi connectivity index (χ3v) is 7.04. The summed E-state index contributed by atoms with van der Waals surface area (Å²) in [6, 6.07) is 18.1. The van der Waals surface area contributed by atoms with E-state index in [1.807, 2.05) is 13.8 Å². The lowest BCUT2D eigenvalue weighted by Gasteiger charge is -2.21. The van der Waals surface area contributed by atoms with Crippen LogP contribution >= 0.6 is 15.9 Å². The van der Waals surface area contributed by atoms with Crippen LogP contribution in [-0.2, 0) is 14.8 Å².